The second kappa shape index (κ2) is 11.2. The van der Waals surface area contributed by atoms with Gasteiger partial charge in [0.25, 0.3) is 11.8 Å². The number of hydrogen-bond acceptors (Lipinski definition) is 3. The van der Waals surface area contributed by atoms with Gasteiger partial charge in [0.05, 0.1) is 18.7 Å². The topological polar surface area (TPSA) is 67.5 Å². The SMILES string of the molecule is CCCN(Cc1cccn1Cc1ccc(C(=O)NC2CCCCC2)o1)C(=O)c1ccccc1F. The summed E-state index contributed by atoms with van der Waals surface area (Å²) in [5.41, 5.74) is 0.983. The first-order valence-electron chi connectivity index (χ1n) is 12.1. The highest BCUT2D eigenvalue weighted by atomic mass is 19.1. The van der Waals surface area contributed by atoms with Crippen LogP contribution >= 0.6 is 0 Å². The van der Waals surface area contributed by atoms with Crippen LogP contribution in [0.2, 0.25) is 0 Å². The minimum absolute atomic E-state index is 0.0775. The van der Waals surface area contributed by atoms with Crippen molar-refractivity contribution in [2.75, 3.05) is 6.54 Å². The van der Waals surface area contributed by atoms with Gasteiger partial charge in [-0.2, -0.15) is 0 Å². The van der Waals surface area contributed by atoms with E-state index in [0.29, 0.717) is 31.2 Å². The first-order chi connectivity index (χ1) is 16.5. The van der Waals surface area contributed by atoms with E-state index in [9.17, 15) is 14.0 Å². The lowest BCUT2D eigenvalue weighted by Crippen LogP contribution is -2.35. The van der Waals surface area contributed by atoms with Crippen LogP contribution < -0.4 is 5.32 Å². The van der Waals surface area contributed by atoms with Gasteiger partial charge in [0.15, 0.2) is 5.76 Å². The van der Waals surface area contributed by atoms with Gasteiger partial charge in [0, 0.05) is 24.5 Å². The highest BCUT2D eigenvalue weighted by Gasteiger charge is 2.21. The van der Waals surface area contributed by atoms with E-state index in [1.165, 1.54) is 18.6 Å². The molecule has 0 atom stereocenters. The molecule has 2 amide bonds. The molecular weight excluding hydrogens is 433 g/mol. The lowest BCUT2D eigenvalue weighted by atomic mass is 9.95. The van der Waals surface area contributed by atoms with Crippen molar-refractivity contribution in [1.29, 1.82) is 0 Å². The predicted octanol–water partition coefficient (Wildman–Crippen LogP) is 5.38. The summed E-state index contributed by atoms with van der Waals surface area (Å²) >= 11 is 0. The number of benzene rings is 1. The van der Waals surface area contributed by atoms with Crippen LogP contribution in [-0.4, -0.2) is 33.9 Å². The third-order valence-electron chi connectivity index (χ3n) is 6.31. The molecule has 6 nitrogen and oxygen atoms in total. The molecule has 2 heterocycles. The largest absolute Gasteiger partial charge is 0.454 e. The summed E-state index contributed by atoms with van der Waals surface area (Å²) in [7, 11) is 0. The minimum Gasteiger partial charge on any atom is -0.454 e. The highest BCUT2D eigenvalue weighted by Crippen LogP contribution is 2.19. The first kappa shape index (κ1) is 23.8. The number of furan rings is 1. The number of aromatic nitrogens is 1. The Morgan fingerprint density at radius 1 is 1.09 bits per heavy atom. The molecule has 7 heteroatoms. The zero-order valence-corrected chi connectivity index (χ0v) is 19.6. The smallest absolute Gasteiger partial charge is 0.287 e. The number of hydrogen-bond donors (Lipinski definition) is 1. The Balaban J connectivity index is 1.42. The summed E-state index contributed by atoms with van der Waals surface area (Å²) in [4.78, 5) is 27.2. The fourth-order valence-corrected chi connectivity index (χ4v) is 4.53. The van der Waals surface area contributed by atoms with Crippen molar-refractivity contribution in [3.8, 4) is 0 Å². The van der Waals surface area contributed by atoms with Crippen molar-refractivity contribution >= 4 is 11.8 Å². The summed E-state index contributed by atoms with van der Waals surface area (Å²) in [5.74, 6) is -0.0354. The van der Waals surface area contributed by atoms with E-state index >= 15 is 0 Å². The molecule has 1 saturated carbocycles. The molecule has 0 aliphatic heterocycles. The first-order valence-corrected chi connectivity index (χ1v) is 12.1. The molecule has 1 aliphatic rings. The normalized spacial score (nSPS) is 14.2. The van der Waals surface area contributed by atoms with Gasteiger partial charge in [0.2, 0.25) is 0 Å². The molecule has 1 fully saturated rings. The van der Waals surface area contributed by atoms with Crippen molar-refractivity contribution in [2.24, 2.45) is 0 Å². The maximum atomic E-state index is 14.2. The van der Waals surface area contributed by atoms with E-state index in [-0.39, 0.29) is 23.4 Å². The van der Waals surface area contributed by atoms with E-state index < -0.39 is 5.82 Å². The van der Waals surface area contributed by atoms with Crippen LogP contribution in [0, 0.1) is 5.82 Å². The van der Waals surface area contributed by atoms with E-state index in [4.69, 9.17) is 4.42 Å². The van der Waals surface area contributed by atoms with Crippen LogP contribution in [-0.2, 0) is 13.1 Å². The van der Waals surface area contributed by atoms with Crippen LogP contribution in [0.3, 0.4) is 0 Å². The second-order valence-corrected chi connectivity index (χ2v) is 8.91. The van der Waals surface area contributed by atoms with Crippen molar-refractivity contribution in [3.05, 3.63) is 83.3 Å². The number of nitrogens with one attached hydrogen (secondary N) is 1. The average molecular weight is 466 g/mol. The maximum absolute atomic E-state index is 14.2. The van der Waals surface area contributed by atoms with Gasteiger partial charge in [-0.15, -0.1) is 0 Å². The summed E-state index contributed by atoms with van der Waals surface area (Å²) in [6.07, 6.45) is 8.25. The van der Waals surface area contributed by atoms with Crippen molar-refractivity contribution in [3.63, 3.8) is 0 Å². The molecular formula is C27H32FN3O3. The molecule has 2 aromatic heterocycles. The summed E-state index contributed by atoms with van der Waals surface area (Å²) in [5, 5.41) is 3.08. The molecule has 0 saturated heterocycles. The standard InChI is InChI=1S/C27H32FN3O3/c1-2-16-31(27(33)23-12-6-7-13-24(23)28)18-21-11-8-17-30(21)19-22-14-15-25(34-22)26(32)29-20-9-4-3-5-10-20/h6-8,11-15,17,20H,2-5,9-10,16,18-19H2,1H3,(H,29,32). The fourth-order valence-electron chi connectivity index (χ4n) is 4.53. The minimum atomic E-state index is -0.515. The van der Waals surface area contributed by atoms with Gasteiger partial charge in [-0.3, -0.25) is 9.59 Å². The van der Waals surface area contributed by atoms with Crippen LogP contribution in [0.15, 0.2) is 59.1 Å². The molecule has 3 aromatic rings. The molecule has 0 spiro atoms. The number of carbonyl (C=O) groups excluding carboxylic acids is 2. The zero-order valence-electron chi connectivity index (χ0n) is 19.6. The van der Waals surface area contributed by atoms with E-state index in [2.05, 4.69) is 5.32 Å². The lowest BCUT2D eigenvalue weighted by Gasteiger charge is -2.23. The Hall–Kier alpha value is -3.35. The third-order valence-corrected chi connectivity index (χ3v) is 6.31. The molecule has 180 valence electrons. The molecule has 4 rings (SSSR count). The molecule has 1 aliphatic carbocycles. The quantitative estimate of drug-likeness (QED) is 0.461. The number of amides is 2. The molecule has 0 unspecified atom stereocenters. The van der Waals surface area contributed by atoms with Crippen molar-refractivity contribution < 1.29 is 18.4 Å². The Morgan fingerprint density at radius 2 is 1.88 bits per heavy atom. The van der Waals surface area contributed by atoms with Gasteiger partial charge < -0.3 is 19.2 Å². The van der Waals surface area contributed by atoms with Gasteiger partial charge in [0.1, 0.15) is 11.6 Å². The molecule has 34 heavy (non-hydrogen) atoms. The van der Waals surface area contributed by atoms with E-state index in [0.717, 1.165) is 37.8 Å². The van der Waals surface area contributed by atoms with Crippen LogP contribution in [0.1, 0.15) is 77.8 Å². The Morgan fingerprint density at radius 3 is 2.65 bits per heavy atom. The van der Waals surface area contributed by atoms with Crippen molar-refractivity contribution in [2.45, 2.75) is 64.6 Å². The number of nitrogens with zero attached hydrogens (tertiary/aromatic N) is 2. The molecule has 1 aromatic carbocycles. The zero-order chi connectivity index (χ0) is 23.9. The summed E-state index contributed by atoms with van der Waals surface area (Å²) in [6.45, 7) is 3.30. The van der Waals surface area contributed by atoms with E-state index in [1.54, 1.807) is 23.1 Å². The van der Waals surface area contributed by atoms with Crippen LogP contribution in [0.25, 0.3) is 0 Å². The monoisotopic (exact) mass is 465 g/mol. The number of rotatable bonds is 9. The summed E-state index contributed by atoms with van der Waals surface area (Å²) in [6, 6.07) is 13.7. The highest BCUT2D eigenvalue weighted by molar-refractivity contribution is 5.94. The molecule has 0 bridgehead atoms. The average Bonchev–Trinajstić information content (AvgIpc) is 3.49. The maximum Gasteiger partial charge on any atom is 0.287 e. The van der Waals surface area contributed by atoms with Crippen LogP contribution in [0.4, 0.5) is 4.39 Å². The molecule has 1 N–H and O–H groups in total. The third kappa shape index (κ3) is 5.76. The number of carbonyl (C=O) groups is 2. The van der Waals surface area contributed by atoms with Gasteiger partial charge in [-0.05, 0) is 55.7 Å². The lowest BCUT2D eigenvalue weighted by molar-refractivity contribution is 0.0734. The second-order valence-electron chi connectivity index (χ2n) is 8.91. The predicted molar refractivity (Wildman–Crippen MR) is 128 cm³/mol. The Labute approximate surface area is 199 Å². The Bertz CT molecular complexity index is 1110. The van der Waals surface area contributed by atoms with E-state index in [1.807, 2.05) is 35.9 Å². The number of halogens is 1. The summed E-state index contributed by atoms with van der Waals surface area (Å²) < 4.78 is 22.0. The fraction of sp³-hybridized carbons (Fsp3) is 0.407. The van der Waals surface area contributed by atoms with Crippen molar-refractivity contribution in [1.82, 2.24) is 14.8 Å². The van der Waals surface area contributed by atoms with Crippen LogP contribution in [0.5, 0.6) is 0 Å². The van der Waals surface area contributed by atoms with Gasteiger partial charge in [-0.1, -0.05) is 38.3 Å². The Kier molecular flexibility index (Phi) is 7.83. The van der Waals surface area contributed by atoms with Gasteiger partial charge >= 0.3 is 0 Å². The van der Waals surface area contributed by atoms with Gasteiger partial charge in [-0.25, -0.2) is 4.39 Å². The molecule has 0 radical (unpaired) electrons.